The largest absolute Gasteiger partial charge is 0.465 e. The molecule has 0 radical (unpaired) electrons. The van der Waals surface area contributed by atoms with E-state index in [4.69, 9.17) is 5.11 Å². The molecule has 1 rings (SSSR count). The van der Waals surface area contributed by atoms with Gasteiger partial charge in [0, 0.05) is 13.1 Å². The van der Waals surface area contributed by atoms with E-state index in [-0.39, 0.29) is 5.97 Å². The number of nitrogens with one attached hydrogen (secondary N) is 1. The van der Waals surface area contributed by atoms with Gasteiger partial charge in [-0.1, -0.05) is 25.5 Å². The SMILES string of the molecule is CCCCN(CCc1ccc(C(=O)OC)cc1)NC(=O)O. The first kappa shape index (κ1) is 17.0. The Morgan fingerprint density at radius 3 is 2.43 bits per heavy atom. The van der Waals surface area contributed by atoms with Crippen molar-refractivity contribution in [2.24, 2.45) is 0 Å². The van der Waals surface area contributed by atoms with Crippen LogP contribution in [0, 0.1) is 0 Å². The van der Waals surface area contributed by atoms with Crippen molar-refractivity contribution in [1.82, 2.24) is 10.4 Å². The number of benzene rings is 1. The second-order valence-corrected chi connectivity index (χ2v) is 4.70. The van der Waals surface area contributed by atoms with Gasteiger partial charge >= 0.3 is 12.1 Å². The summed E-state index contributed by atoms with van der Waals surface area (Å²) in [6.45, 7) is 3.33. The van der Waals surface area contributed by atoms with Gasteiger partial charge in [0.05, 0.1) is 12.7 Å². The summed E-state index contributed by atoms with van der Waals surface area (Å²) in [5.41, 5.74) is 3.94. The number of hydrazine groups is 1. The fourth-order valence-corrected chi connectivity index (χ4v) is 1.90. The van der Waals surface area contributed by atoms with Crippen LogP contribution in [-0.4, -0.2) is 42.4 Å². The van der Waals surface area contributed by atoms with Crippen molar-refractivity contribution in [2.75, 3.05) is 20.2 Å². The predicted molar refractivity (Wildman–Crippen MR) is 79.1 cm³/mol. The van der Waals surface area contributed by atoms with Gasteiger partial charge in [0.15, 0.2) is 0 Å². The molecule has 0 saturated carbocycles. The molecular weight excluding hydrogens is 272 g/mol. The number of amides is 1. The van der Waals surface area contributed by atoms with Crippen molar-refractivity contribution in [1.29, 1.82) is 0 Å². The molecule has 0 aliphatic carbocycles. The first-order valence-corrected chi connectivity index (χ1v) is 6.98. The summed E-state index contributed by atoms with van der Waals surface area (Å²) in [7, 11) is 1.35. The summed E-state index contributed by atoms with van der Waals surface area (Å²) in [5, 5.41) is 10.5. The maximum atomic E-state index is 11.3. The summed E-state index contributed by atoms with van der Waals surface area (Å²) < 4.78 is 4.64. The van der Waals surface area contributed by atoms with E-state index in [2.05, 4.69) is 17.1 Å². The van der Waals surface area contributed by atoms with Crippen LogP contribution < -0.4 is 5.43 Å². The van der Waals surface area contributed by atoms with E-state index in [1.807, 2.05) is 12.1 Å². The zero-order valence-electron chi connectivity index (χ0n) is 12.5. The zero-order chi connectivity index (χ0) is 15.7. The van der Waals surface area contributed by atoms with Crippen LogP contribution in [-0.2, 0) is 11.2 Å². The lowest BCUT2D eigenvalue weighted by Crippen LogP contribution is -2.43. The van der Waals surface area contributed by atoms with Gasteiger partial charge < -0.3 is 9.84 Å². The molecule has 0 fully saturated rings. The summed E-state index contributed by atoms with van der Waals surface area (Å²) in [6, 6.07) is 7.13. The molecule has 0 atom stereocenters. The summed E-state index contributed by atoms with van der Waals surface area (Å²) >= 11 is 0. The van der Waals surface area contributed by atoms with Crippen LogP contribution >= 0.6 is 0 Å². The molecule has 0 unspecified atom stereocenters. The molecule has 0 heterocycles. The van der Waals surface area contributed by atoms with Crippen molar-refractivity contribution in [2.45, 2.75) is 26.2 Å². The Morgan fingerprint density at radius 2 is 1.90 bits per heavy atom. The number of carboxylic acid groups (broad SMARTS) is 1. The smallest absolute Gasteiger partial charge is 0.419 e. The van der Waals surface area contributed by atoms with Gasteiger partial charge in [0.2, 0.25) is 0 Å². The number of nitrogens with zero attached hydrogens (tertiary/aromatic N) is 1. The Labute approximate surface area is 124 Å². The minimum Gasteiger partial charge on any atom is -0.465 e. The molecule has 6 heteroatoms. The lowest BCUT2D eigenvalue weighted by molar-refractivity contribution is 0.0600. The Hall–Kier alpha value is -2.08. The molecule has 6 nitrogen and oxygen atoms in total. The normalized spacial score (nSPS) is 10.4. The highest BCUT2D eigenvalue weighted by Gasteiger charge is 2.08. The summed E-state index contributed by atoms with van der Waals surface area (Å²) in [6.07, 6.45) is 1.59. The Morgan fingerprint density at radius 1 is 1.24 bits per heavy atom. The molecule has 1 aromatic rings. The Kier molecular flexibility index (Phi) is 7.25. The van der Waals surface area contributed by atoms with Crippen LogP contribution in [0.2, 0.25) is 0 Å². The van der Waals surface area contributed by atoms with Gasteiger partial charge in [0.1, 0.15) is 0 Å². The molecule has 2 N–H and O–H groups in total. The topological polar surface area (TPSA) is 78.9 Å². The highest BCUT2D eigenvalue weighted by atomic mass is 16.5. The maximum absolute atomic E-state index is 11.3. The lowest BCUT2D eigenvalue weighted by atomic mass is 10.1. The van der Waals surface area contributed by atoms with Gasteiger partial charge in [-0.15, -0.1) is 0 Å². The van der Waals surface area contributed by atoms with Crippen molar-refractivity contribution >= 4 is 12.1 Å². The van der Waals surface area contributed by atoms with E-state index in [0.717, 1.165) is 18.4 Å². The lowest BCUT2D eigenvalue weighted by Gasteiger charge is -2.21. The average molecular weight is 294 g/mol. The van der Waals surface area contributed by atoms with Gasteiger partial charge in [-0.25, -0.2) is 14.6 Å². The molecule has 1 aromatic carbocycles. The first-order chi connectivity index (χ1) is 10.1. The maximum Gasteiger partial charge on any atom is 0.419 e. The van der Waals surface area contributed by atoms with Crippen LogP contribution in [0.1, 0.15) is 35.7 Å². The highest BCUT2D eigenvalue weighted by Crippen LogP contribution is 2.07. The standard InChI is InChI=1S/C15H22N2O4/c1-3-4-10-17(16-15(19)20)11-9-12-5-7-13(8-6-12)14(18)21-2/h5-8,16H,3-4,9-11H2,1-2H3,(H,19,20). The molecule has 0 aliphatic rings. The van der Waals surface area contributed by atoms with E-state index in [1.54, 1.807) is 17.1 Å². The van der Waals surface area contributed by atoms with E-state index in [1.165, 1.54) is 7.11 Å². The molecule has 0 aromatic heterocycles. The minimum atomic E-state index is -1.05. The molecular formula is C15H22N2O4. The Bertz CT molecular complexity index is 459. The molecule has 0 bridgehead atoms. The third-order valence-corrected chi connectivity index (χ3v) is 3.08. The number of carbonyl (C=O) groups is 2. The minimum absolute atomic E-state index is 0.362. The quantitative estimate of drug-likeness (QED) is 0.568. The van der Waals surface area contributed by atoms with E-state index in [0.29, 0.717) is 25.1 Å². The molecule has 0 saturated heterocycles. The fraction of sp³-hybridized carbons (Fsp3) is 0.467. The summed E-state index contributed by atoms with van der Waals surface area (Å²) in [5.74, 6) is -0.362. The molecule has 0 aliphatic heterocycles. The van der Waals surface area contributed by atoms with Gasteiger partial charge in [0.25, 0.3) is 0 Å². The number of hydrogen-bond donors (Lipinski definition) is 2. The number of methoxy groups -OCH3 is 1. The van der Waals surface area contributed by atoms with Gasteiger partial charge in [-0.2, -0.15) is 0 Å². The van der Waals surface area contributed by atoms with Crippen LogP contribution in [0.15, 0.2) is 24.3 Å². The third kappa shape index (κ3) is 6.27. The number of unbranched alkanes of at least 4 members (excludes halogenated alkanes) is 1. The zero-order valence-corrected chi connectivity index (χ0v) is 12.5. The fourth-order valence-electron chi connectivity index (χ4n) is 1.90. The number of ether oxygens (including phenoxy) is 1. The second kappa shape index (κ2) is 8.97. The molecule has 0 spiro atoms. The van der Waals surface area contributed by atoms with Crippen LogP contribution in [0.25, 0.3) is 0 Å². The van der Waals surface area contributed by atoms with Gasteiger partial charge in [-0.05, 0) is 30.5 Å². The second-order valence-electron chi connectivity index (χ2n) is 4.70. The van der Waals surface area contributed by atoms with Crippen LogP contribution in [0.3, 0.4) is 0 Å². The van der Waals surface area contributed by atoms with Gasteiger partial charge in [-0.3, -0.25) is 5.43 Å². The third-order valence-electron chi connectivity index (χ3n) is 3.08. The number of carbonyl (C=O) groups excluding carboxylic acids is 1. The van der Waals surface area contributed by atoms with Crippen LogP contribution in [0.5, 0.6) is 0 Å². The first-order valence-electron chi connectivity index (χ1n) is 6.98. The monoisotopic (exact) mass is 294 g/mol. The van der Waals surface area contributed by atoms with E-state index in [9.17, 15) is 9.59 Å². The van der Waals surface area contributed by atoms with Crippen molar-refractivity contribution in [3.8, 4) is 0 Å². The van der Waals surface area contributed by atoms with Crippen molar-refractivity contribution in [3.05, 3.63) is 35.4 Å². The number of hydrogen-bond acceptors (Lipinski definition) is 4. The van der Waals surface area contributed by atoms with E-state index < -0.39 is 6.09 Å². The van der Waals surface area contributed by atoms with Crippen molar-refractivity contribution in [3.63, 3.8) is 0 Å². The molecule has 1 amide bonds. The average Bonchev–Trinajstić information content (AvgIpc) is 2.49. The highest BCUT2D eigenvalue weighted by molar-refractivity contribution is 5.89. The molecule has 21 heavy (non-hydrogen) atoms. The van der Waals surface area contributed by atoms with E-state index >= 15 is 0 Å². The number of rotatable bonds is 8. The predicted octanol–water partition coefficient (Wildman–Crippen LogP) is 2.30. The van der Waals surface area contributed by atoms with Crippen LogP contribution in [0.4, 0.5) is 4.79 Å². The van der Waals surface area contributed by atoms with Crippen molar-refractivity contribution < 1.29 is 19.4 Å². The summed E-state index contributed by atoms with van der Waals surface area (Å²) in [4.78, 5) is 22.1. The Balaban J connectivity index is 2.54. The number of esters is 1. The molecule has 116 valence electrons.